The smallest absolute Gasteiger partial charge is 0.257 e. The Kier molecular flexibility index (Phi) is 3.88. The van der Waals surface area contributed by atoms with Gasteiger partial charge >= 0.3 is 0 Å². The number of carbonyl (C=O) groups excluding carboxylic acids is 1. The summed E-state index contributed by atoms with van der Waals surface area (Å²) in [5, 5.41) is 0.290. The first-order chi connectivity index (χ1) is 8.49. The lowest BCUT2D eigenvalue weighted by molar-refractivity contribution is 0.0614. The molecule has 2 rings (SSSR count). The van der Waals surface area contributed by atoms with Crippen LogP contribution in [0.15, 0.2) is 18.2 Å². The van der Waals surface area contributed by atoms with Gasteiger partial charge in [-0.15, -0.1) is 0 Å². The predicted molar refractivity (Wildman–Crippen MR) is 69.1 cm³/mol. The molecule has 1 saturated heterocycles. The fourth-order valence-corrected chi connectivity index (χ4v) is 2.49. The van der Waals surface area contributed by atoms with Crippen LogP contribution in [0, 0.1) is 5.82 Å². The minimum atomic E-state index is -0.574. The average molecular weight is 271 g/mol. The van der Waals surface area contributed by atoms with E-state index in [1.54, 1.807) is 4.90 Å². The third-order valence-corrected chi connectivity index (χ3v) is 3.57. The Hall–Kier alpha value is -1.13. The molecule has 1 aliphatic rings. The van der Waals surface area contributed by atoms with E-state index in [1.807, 2.05) is 6.92 Å². The highest BCUT2D eigenvalue weighted by Gasteiger charge is 2.28. The highest BCUT2D eigenvalue weighted by Crippen LogP contribution is 2.21. The summed E-state index contributed by atoms with van der Waals surface area (Å²) in [4.78, 5) is 13.9. The first kappa shape index (κ1) is 13.3. The van der Waals surface area contributed by atoms with Crippen LogP contribution in [0.2, 0.25) is 5.02 Å². The van der Waals surface area contributed by atoms with Gasteiger partial charge in [0, 0.05) is 23.7 Å². The molecule has 98 valence electrons. The van der Waals surface area contributed by atoms with Crippen molar-refractivity contribution in [2.75, 3.05) is 6.54 Å². The molecule has 2 atom stereocenters. The molecule has 1 aromatic carbocycles. The molecule has 1 fully saturated rings. The normalized spacial score (nSPS) is 24.1. The van der Waals surface area contributed by atoms with Gasteiger partial charge in [-0.1, -0.05) is 11.6 Å². The van der Waals surface area contributed by atoms with Crippen molar-refractivity contribution >= 4 is 17.5 Å². The summed E-state index contributed by atoms with van der Waals surface area (Å²) in [7, 11) is 0. The lowest BCUT2D eigenvalue weighted by atomic mass is 9.98. The topological polar surface area (TPSA) is 46.3 Å². The molecule has 1 heterocycles. The number of hydrogen-bond acceptors (Lipinski definition) is 2. The number of halogens is 2. The number of nitrogens with zero attached hydrogens (tertiary/aromatic N) is 1. The van der Waals surface area contributed by atoms with Crippen molar-refractivity contribution in [3.63, 3.8) is 0 Å². The van der Waals surface area contributed by atoms with Crippen molar-refractivity contribution in [1.82, 2.24) is 4.90 Å². The minimum absolute atomic E-state index is 0.0383. The third-order valence-electron chi connectivity index (χ3n) is 3.34. The monoisotopic (exact) mass is 270 g/mol. The summed E-state index contributed by atoms with van der Waals surface area (Å²) in [5.74, 6) is -0.863. The zero-order valence-electron chi connectivity index (χ0n) is 10.2. The number of rotatable bonds is 1. The predicted octanol–water partition coefficient (Wildman–Crippen LogP) is 2.43. The van der Waals surface area contributed by atoms with Gasteiger partial charge in [0.2, 0.25) is 0 Å². The van der Waals surface area contributed by atoms with Crippen molar-refractivity contribution in [1.29, 1.82) is 0 Å². The molecule has 0 aliphatic carbocycles. The number of piperidine rings is 1. The number of amides is 1. The number of hydrogen-bond donors (Lipinski definition) is 1. The number of carbonyl (C=O) groups is 1. The highest BCUT2D eigenvalue weighted by atomic mass is 35.5. The average Bonchev–Trinajstić information content (AvgIpc) is 2.28. The van der Waals surface area contributed by atoms with Gasteiger partial charge in [0.1, 0.15) is 5.82 Å². The second kappa shape index (κ2) is 5.24. The van der Waals surface area contributed by atoms with E-state index in [9.17, 15) is 9.18 Å². The first-order valence-corrected chi connectivity index (χ1v) is 6.38. The third kappa shape index (κ3) is 2.65. The summed E-state index contributed by atoms with van der Waals surface area (Å²) in [5.41, 5.74) is 5.92. The second-order valence-corrected chi connectivity index (χ2v) is 5.19. The molecule has 0 radical (unpaired) electrons. The van der Waals surface area contributed by atoms with Crippen LogP contribution in [-0.4, -0.2) is 29.4 Å². The van der Waals surface area contributed by atoms with Gasteiger partial charge in [0.15, 0.2) is 0 Å². The van der Waals surface area contributed by atoms with Gasteiger partial charge < -0.3 is 10.6 Å². The summed E-state index contributed by atoms with van der Waals surface area (Å²) >= 11 is 5.67. The fourth-order valence-electron chi connectivity index (χ4n) is 2.33. The molecule has 3 nitrogen and oxygen atoms in total. The van der Waals surface area contributed by atoms with Crippen LogP contribution in [0.3, 0.4) is 0 Å². The van der Waals surface area contributed by atoms with E-state index < -0.39 is 5.82 Å². The molecule has 2 N–H and O–H groups in total. The lowest BCUT2D eigenvalue weighted by Crippen LogP contribution is -2.48. The Morgan fingerprint density at radius 2 is 2.28 bits per heavy atom. The molecule has 0 aromatic heterocycles. The number of nitrogens with two attached hydrogens (primary N) is 1. The number of benzene rings is 1. The van der Waals surface area contributed by atoms with Crippen LogP contribution < -0.4 is 5.73 Å². The quantitative estimate of drug-likeness (QED) is 0.852. The van der Waals surface area contributed by atoms with Crippen molar-refractivity contribution in [3.8, 4) is 0 Å². The van der Waals surface area contributed by atoms with E-state index in [2.05, 4.69) is 0 Å². The standard InChI is InChI=1S/C13H16ClFN2O/c1-8-6-10(16)4-5-17(8)13(18)11-3-2-9(14)7-12(11)15/h2-3,7-8,10H,4-6,16H2,1H3. The molecular formula is C13H16ClFN2O. The highest BCUT2D eigenvalue weighted by molar-refractivity contribution is 6.30. The van der Waals surface area contributed by atoms with E-state index in [0.29, 0.717) is 6.54 Å². The van der Waals surface area contributed by atoms with E-state index in [1.165, 1.54) is 12.1 Å². The Morgan fingerprint density at radius 3 is 2.89 bits per heavy atom. The second-order valence-electron chi connectivity index (χ2n) is 4.76. The van der Waals surface area contributed by atoms with E-state index in [-0.39, 0.29) is 28.6 Å². The molecule has 0 bridgehead atoms. The SMILES string of the molecule is CC1CC(N)CCN1C(=O)c1ccc(Cl)cc1F. The van der Waals surface area contributed by atoms with Crippen molar-refractivity contribution in [3.05, 3.63) is 34.6 Å². The zero-order chi connectivity index (χ0) is 13.3. The Balaban J connectivity index is 2.20. The first-order valence-electron chi connectivity index (χ1n) is 6.00. The van der Waals surface area contributed by atoms with Crippen molar-refractivity contribution < 1.29 is 9.18 Å². The Morgan fingerprint density at radius 1 is 1.56 bits per heavy atom. The maximum Gasteiger partial charge on any atom is 0.257 e. The molecule has 2 unspecified atom stereocenters. The minimum Gasteiger partial charge on any atom is -0.336 e. The molecule has 18 heavy (non-hydrogen) atoms. The Labute approximate surface area is 111 Å². The van der Waals surface area contributed by atoms with Crippen LogP contribution in [0.1, 0.15) is 30.1 Å². The summed E-state index contributed by atoms with van der Waals surface area (Å²) < 4.78 is 13.7. The van der Waals surface area contributed by atoms with Crippen LogP contribution in [0.25, 0.3) is 0 Å². The lowest BCUT2D eigenvalue weighted by Gasteiger charge is -2.36. The molecule has 1 amide bonds. The zero-order valence-corrected chi connectivity index (χ0v) is 11.0. The number of likely N-dealkylation sites (tertiary alicyclic amines) is 1. The van der Waals surface area contributed by atoms with Gasteiger partial charge in [-0.2, -0.15) is 0 Å². The van der Waals surface area contributed by atoms with E-state index in [4.69, 9.17) is 17.3 Å². The molecule has 1 aliphatic heterocycles. The van der Waals surface area contributed by atoms with Crippen LogP contribution in [0.5, 0.6) is 0 Å². The summed E-state index contributed by atoms with van der Waals surface area (Å²) in [6, 6.07) is 4.28. The van der Waals surface area contributed by atoms with Gasteiger partial charge in [-0.25, -0.2) is 4.39 Å². The van der Waals surface area contributed by atoms with Gasteiger partial charge in [0.25, 0.3) is 5.91 Å². The summed E-state index contributed by atoms with van der Waals surface area (Å²) in [6.45, 7) is 2.51. The Bertz CT molecular complexity index is 466. The van der Waals surface area contributed by atoms with Crippen molar-refractivity contribution in [2.24, 2.45) is 5.73 Å². The molecular weight excluding hydrogens is 255 g/mol. The fraction of sp³-hybridized carbons (Fsp3) is 0.462. The van der Waals surface area contributed by atoms with Crippen molar-refractivity contribution in [2.45, 2.75) is 31.8 Å². The van der Waals surface area contributed by atoms with E-state index in [0.717, 1.165) is 18.9 Å². The van der Waals surface area contributed by atoms with Crippen LogP contribution in [-0.2, 0) is 0 Å². The van der Waals surface area contributed by atoms with Gasteiger partial charge in [0.05, 0.1) is 5.56 Å². The maximum atomic E-state index is 13.7. The maximum absolute atomic E-state index is 13.7. The van der Waals surface area contributed by atoms with Gasteiger partial charge in [-0.3, -0.25) is 4.79 Å². The molecule has 0 saturated carbocycles. The van der Waals surface area contributed by atoms with Gasteiger partial charge in [-0.05, 0) is 38.0 Å². The van der Waals surface area contributed by atoms with Crippen LogP contribution >= 0.6 is 11.6 Å². The largest absolute Gasteiger partial charge is 0.336 e. The summed E-state index contributed by atoms with van der Waals surface area (Å²) in [6.07, 6.45) is 1.51. The van der Waals surface area contributed by atoms with Crippen LogP contribution in [0.4, 0.5) is 4.39 Å². The molecule has 0 spiro atoms. The molecule has 5 heteroatoms. The molecule has 1 aromatic rings. The van der Waals surface area contributed by atoms with E-state index >= 15 is 0 Å².